The number of thiazole rings is 1. The van der Waals surface area contributed by atoms with Gasteiger partial charge in [0.1, 0.15) is 10.8 Å². The molecule has 1 aliphatic rings. The number of likely N-dealkylation sites (tertiary alicyclic amines) is 1. The van der Waals surface area contributed by atoms with Gasteiger partial charge in [0.05, 0.1) is 28.1 Å². The number of fused-ring (bicyclic) bond motifs is 1. The maximum absolute atomic E-state index is 13.4. The van der Waals surface area contributed by atoms with E-state index in [9.17, 15) is 9.59 Å². The quantitative estimate of drug-likeness (QED) is 0.388. The maximum atomic E-state index is 13.4. The number of hydrogen-bond donors (Lipinski definition) is 2. The predicted molar refractivity (Wildman–Crippen MR) is 142 cm³/mol. The molecule has 3 aromatic heterocycles. The molecule has 1 aromatic carbocycles. The van der Waals surface area contributed by atoms with E-state index < -0.39 is 11.8 Å². The highest BCUT2D eigenvalue weighted by Crippen LogP contribution is 2.37. The maximum Gasteiger partial charge on any atom is 0.313 e. The number of amides is 2. The molecule has 2 atom stereocenters. The Labute approximate surface area is 213 Å². The van der Waals surface area contributed by atoms with Crippen molar-refractivity contribution in [3.05, 3.63) is 66.1 Å². The van der Waals surface area contributed by atoms with Crippen LogP contribution in [0.1, 0.15) is 43.9 Å². The zero-order chi connectivity index (χ0) is 25.2. The van der Waals surface area contributed by atoms with Gasteiger partial charge in [0.25, 0.3) is 0 Å². The third kappa shape index (κ3) is 4.79. The van der Waals surface area contributed by atoms with Gasteiger partial charge in [-0.05, 0) is 66.6 Å². The van der Waals surface area contributed by atoms with Crippen LogP contribution < -0.4 is 11.1 Å². The fourth-order valence-corrected chi connectivity index (χ4v) is 5.63. The van der Waals surface area contributed by atoms with Crippen molar-refractivity contribution in [2.75, 3.05) is 17.6 Å². The zero-order valence-corrected chi connectivity index (χ0v) is 21.1. The Morgan fingerprint density at radius 1 is 1.17 bits per heavy atom. The number of aromatic nitrogens is 3. The summed E-state index contributed by atoms with van der Waals surface area (Å²) in [6.45, 7) is 4.59. The number of carbonyl (C=O) groups is 2. The summed E-state index contributed by atoms with van der Waals surface area (Å²) in [5.74, 6) is -0.477. The first-order valence-electron chi connectivity index (χ1n) is 12.1. The second-order valence-corrected chi connectivity index (χ2v) is 10.2. The molecule has 1 saturated heterocycles. The topological polar surface area (TPSA) is 114 Å². The Morgan fingerprint density at radius 3 is 2.75 bits per heavy atom. The average molecular weight is 501 g/mol. The fraction of sp³-hybridized carbons (Fsp3) is 0.296. The summed E-state index contributed by atoms with van der Waals surface area (Å²) in [6.07, 6.45) is 7.45. The van der Waals surface area contributed by atoms with Crippen LogP contribution in [0, 0.1) is 5.92 Å². The Balaban J connectivity index is 1.40. The molecule has 0 saturated carbocycles. The summed E-state index contributed by atoms with van der Waals surface area (Å²) in [5, 5.41) is 3.64. The third-order valence-electron chi connectivity index (χ3n) is 6.64. The Morgan fingerprint density at radius 2 is 1.97 bits per heavy atom. The van der Waals surface area contributed by atoms with Crippen molar-refractivity contribution < 1.29 is 9.59 Å². The Hall–Kier alpha value is -3.85. The number of rotatable bonds is 4. The standard InChI is InChI=1S/C27H28N6O2S/c1-3-17-12-20(14-30-24(17)28)31-25(34)27(35)33-15-16(2)4-6-22(33)19-5-7-23-21(13-19)32-26(36-23)18-8-10-29-11-9-18/h5,7-14,16,22H,3-4,6,15H2,1-2H3,(H2,28,30)(H,31,34)/t16-,22+/m0/s1. The van der Waals surface area contributed by atoms with Gasteiger partial charge in [0.2, 0.25) is 0 Å². The molecule has 4 heterocycles. The van der Waals surface area contributed by atoms with Crippen LogP contribution in [0.4, 0.5) is 11.5 Å². The van der Waals surface area contributed by atoms with Crippen LogP contribution in [0.25, 0.3) is 20.8 Å². The minimum absolute atomic E-state index is 0.189. The smallest absolute Gasteiger partial charge is 0.313 e. The van der Waals surface area contributed by atoms with Gasteiger partial charge in [-0.2, -0.15) is 0 Å². The molecule has 2 amide bonds. The highest BCUT2D eigenvalue weighted by molar-refractivity contribution is 7.21. The molecule has 3 N–H and O–H groups in total. The van der Waals surface area contributed by atoms with Crippen LogP contribution >= 0.6 is 11.3 Å². The van der Waals surface area contributed by atoms with E-state index in [1.807, 2.05) is 31.2 Å². The number of pyridine rings is 2. The first-order chi connectivity index (χ1) is 17.4. The van der Waals surface area contributed by atoms with E-state index in [1.165, 1.54) is 6.20 Å². The number of aryl methyl sites for hydroxylation is 1. The van der Waals surface area contributed by atoms with Crippen LogP contribution in [0.15, 0.2) is 55.0 Å². The van der Waals surface area contributed by atoms with Crippen molar-refractivity contribution in [3.63, 3.8) is 0 Å². The molecule has 9 heteroatoms. The SMILES string of the molecule is CCc1cc(NC(=O)C(=O)N2C[C@@H](C)CC[C@@H]2c2ccc3sc(-c4ccncc4)nc3c2)cnc1N. The van der Waals surface area contributed by atoms with Crippen LogP contribution in [-0.2, 0) is 16.0 Å². The number of nitrogens with two attached hydrogens (primary N) is 1. The van der Waals surface area contributed by atoms with Gasteiger partial charge < -0.3 is 16.0 Å². The van der Waals surface area contributed by atoms with Crippen molar-refractivity contribution in [2.45, 2.75) is 39.2 Å². The van der Waals surface area contributed by atoms with Crippen molar-refractivity contribution >= 4 is 44.9 Å². The minimum Gasteiger partial charge on any atom is -0.383 e. The van der Waals surface area contributed by atoms with Crippen molar-refractivity contribution in [3.8, 4) is 10.6 Å². The highest BCUT2D eigenvalue weighted by atomic mass is 32.1. The summed E-state index contributed by atoms with van der Waals surface area (Å²) in [6, 6.07) is 11.6. The lowest BCUT2D eigenvalue weighted by Crippen LogP contribution is -2.46. The molecule has 8 nitrogen and oxygen atoms in total. The van der Waals surface area contributed by atoms with Gasteiger partial charge in [-0.1, -0.05) is 19.9 Å². The van der Waals surface area contributed by atoms with E-state index >= 15 is 0 Å². The second-order valence-electron chi connectivity index (χ2n) is 9.21. The lowest BCUT2D eigenvalue weighted by molar-refractivity contribution is -0.146. The predicted octanol–water partition coefficient (Wildman–Crippen LogP) is 4.84. The Kier molecular flexibility index (Phi) is 6.65. The first kappa shape index (κ1) is 23.9. The molecule has 5 rings (SSSR count). The van der Waals surface area contributed by atoms with E-state index in [0.717, 1.165) is 44.8 Å². The summed E-state index contributed by atoms with van der Waals surface area (Å²) in [7, 11) is 0. The number of hydrogen-bond acceptors (Lipinski definition) is 7. The summed E-state index contributed by atoms with van der Waals surface area (Å²) in [5.41, 5.74) is 10.1. The van der Waals surface area contributed by atoms with E-state index in [1.54, 1.807) is 34.7 Å². The molecule has 0 unspecified atom stereocenters. The summed E-state index contributed by atoms with van der Waals surface area (Å²) in [4.78, 5) is 41.1. The van der Waals surface area contributed by atoms with E-state index in [4.69, 9.17) is 10.7 Å². The number of anilines is 2. The van der Waals surface area contributed by atoms with Gasteiger partial charge in [0.15, 0.2) is 0 Å². The molecule has 36 heavy (non-hydrogen) atoms. The molecule has 4 aromatic rings. The number of carbonyl (C=O) groups excluding carboxylic acids is 2. The van der Waals surface area contributed by atoms with Gasteiger partial charge >= 0.3 is 11.8 Å². The van der Waals surface area contributed by atoms with Gasteiger partial charge in [-0.15, -0.1) is 11.3 Å². The lowest BCUT2D eigenvalue weighted by atomic mass is 9.89. The molecule has 0 radical (unpaired) electrons. The number of nitrogens with one attached hydrogen (secondary N) is 1. The largest absolute Gasteiger partial charge is 0.383 e. The van der Waals surface area contributed by atoms with Crippen molar-refractivity contribution in [1.29, 1.82) is 0 Å². The molecule has 1 aliphatic heterocycles. The lowest BCUT2D eigenvalue weighted by Gasteiger charge is -2.38. The monoisotopic (exact) mass is 500 g/mol. The molecule has 184 valence electrons. The van der Waals surface area contributed by atoms with Crippen LogP contribution in [0.3, 0.4) is 0 Å². The number of piperidine rings is 1. The minimum atomic E-state index is -0.669. The van der Waals surface area contributed by atoms with Crippen LogP contribution in [0.5, 0.6) is 0 Å². The normalized spacial score (nSPS) is 17.8. The molecule has 0 spiro atoms. The molecule has 1 fully saturated rings. The zero-order valence-electron chi connectivity index (χ0n) is 20.3. The average Bonchev–Trinajstić information content (AvgIpc) is 3.33. The molecular weight excluding hydrogens is 472 g/mol. The van der Waals surface area contributed by atoms with Crippen LogP contribution in [0.2, 0.25) is 0 Å². The van der Waals surface area contributed by atoms with Gasteiger partial charge in [-0.25, -0.2) is 9.97 Å². The highest BCUT2D eigenvalue weighted by Gasteiger charge is 2.34. The Bertz CT molecular complexity index is 1420. The van der Waals surface area contributed by atoms with E-state index in [0.29, 0.717) is 30.4 Å². The van der Waals surface area contributed by atoms with Crippen molar-refractivity contribution in [2.24, 2.45) is 5.92 Å². The number of benzene rings is 1. The van der Waals surface area contributed by atoms with Gasteiger partial charge in [-0.3, -0.25) is 14.6 Å². The molecule has 0 aliphatic carbocycles. The van der Waals surface area contributed by atoms with Gasteiger partial charge in [0, 0.05) is 24.5 Å². The first-order valence-corrected chi connectivity index (χ1v) is 12.9. The molecule has 0 bridgehead atoms. The summed E-state index contributed by atoms with van der Waals surface area (Å²) < 4.78 is 1.08. The fourth-order valence-electron chi connectivity index (χ4n) is 4.68. The van der Waals surface area contributed by atoms with E-state index in [-0.39, 0.29) is 6.04 Å². The van der Waals surface area contributed by atoms with Crippen molar-refractivity contribution in [1.82, 2.24) is 19.9 Å². The summed E-state index contributed by atoms with van der Waals surface area (Å²) >= 11 is 1.62. The number of nitrogen functional groups attached to an aromatic ring is 1. The van der Waals surface area contributed by atoms with Crippen LogP contribution in [-0.4, -0.2) is 38.2 Å². The third-order valence-corrected chi connectivity index (χ3v) is 7.72. The van der Waals surface area contributed by atoms with E-state index in [2.05, 4.69) is 28.3 Å². The number of nitrogens with zero attached hydrogens (tertiary/aromatic N) is 4. The molecular formula is C27H28N6O2S. The second kappa shape index (κ2) is 10.0.